The van der Waals surface area contributed by atoms with Gasteiger partial charge in [-0.25, -0.2) is 5.43 Å². The van der Waals surface area contributed by atoms with Crippen LogP contribution in [0.15, 0.2) is 53.6 Å². The molecule has 0 amide bonds. The molecule has 2 aromatic carbocycles. The van der Waals surface area contributed by atoms with E-state index in [-0.39, 0.29) is 22.6 Å². The summed E-state index contributed by atoms with van der Waals surface area (Å²) in [5.41, 5.74) is 1.85. The van der Waals surface area contributed by atoms with Crippen LogP contribution in [0.5, 0.6) is 6.01 Å². The number of nitrogens with one attached hydrogen (secondary N) is 2. The molecule has 3 aromatic rings. The lowest BCUT2D eigenvalue weighted by Gasteiger charge is -2.22. The lowest BCUT2D eigenvalue weighted by Crippen LogP contribution is -2.46. The van der Waals surface area contributed by atoms with E-state index < -0.39 is 46.2 Å². The standard InChI is InChI=1S/C19H12F6N8O5/c20-18(21,22)14(19(23,24)25)38-17-29-15(27-11-4-6-12(7-5-11)32(34)35)28-16(30-17)31-26-9-10-2-1-3-13(8-10)33(36)37/h1-9,14H,(H2,27,28,29,30,31)/b26-9-. The molecular weight excluding hydrogens is 534 g/mol. The number of halogens is 6. The molecule has 200 valence electrons. The monoisotopic (exact) mass is 546 g/mol. The van der Waals surface area contributed by atoms with Crippen LogP contribution < -0.4 is 15.5 Å². The van der Waals surface area contributed by atoms with Crippen molar-refractivity contribution in [2.45, 2.75) is 18.5 Å². The van der Waals surface area contributed by atoms with Crippen molar-refractivity contribution in [1.29, 1.82) is 0 Å². The second-order valence-electron chi connectivity index (χ2n) is 7.00. The third-order valence-corrected chi connectivity index (χ3v) is 4.23. The van der Waals surface area contributed by atoms with Crippen LogP contribution in [0.3, 0.4) is 0 Å². The van der Waals surface area contributed by atoms with E-state index in [9.17, 15) is 46.6 Å². The van der Waals surface area contributed by atoms with Crippen LogP contribution in [0.4, 0.5) is 55.3 Å². The number of nitro groups is 2. The smallest absolute Gasteiger partial charge is 0.434 e. The first-order valence-corrected chi connectivity index (χ1v) is 9.83. The van der Waals surface area contributed by atoms with Gasteiger partial charge in [0.1, 0.15) is 0 Å². The molecule has 3 rings (SSSR count). The summed E-state index contributed by atoms with van der Waals surface area (Å²) in [5, 5.41) is 27.7. The molecule has 0 fully saturated rings. The number of anilines is 3. The van der Waals surface area contributed by atoms with Gasteiger partial charge in [-0.3, -0.25) is 20.2 Å². The highest BCUT2D eigenvalue weighted by Gasteiger charge is 2.59. The van der Waals surface area contributed by atoms with E-state index in [0.717, 1.165) is 24.4 Å². The van der Waals surface area contributed by atoms with Crippen LogP contribution in [-0.2, 0) is 0 Å². The number of hydrazone groups is 1. The summed E-state index contributed by atoms with van der Waals surface area (Å²) in [5.74, 6) is -1.29. The van der Waals surface area contributed by atoms with Gasteiger partial charge in [-0.2, -0.15) is 46.4 Å². The molecule has 0 aliphatic heterocycles. The number of non-ortho nitro benzene ring substituents is 2. The molecule has 38 heavy (non-hydrogen) atoms. The van der Waals surface area contributed by atoms with E-state index >= 15 is 0 Å². The molecule has 0 bridgehead atoms. The summed E-state index contributed by atoms with van der Waals surface area (Å²) in [6, 6.07) is 8.17. The lowest BCUT2D eigenvalue weighted by atomic mass is 10.2. The third kappa shape index (κ3) is 7.45. The first-order valence-electron chi connectivity index (χ1n) is 9.83. The molecule has 0 saturated heterocycles. The number of hydrogen-bond donors (Lipinski definition) is 2. The van der Waals surface area contributed by atoms with Crippen molar-refractivity contribution in [3.63, 3.8) is 0 Å². The number of aromatic nitrogens is 3. The summed E-state index contributed by atoms with van der Waals surface area (Å²) >= 11 is 0. The SMILES string of the molecule is O=[N+]([O-])c1ccc(Nc2nc(N/N=C\c3cccc([N+](=O)[O-])c3)nc(OC(C(F)(F)F)C(F)(F)F)n2)cc1. The van der Waals surface area contributed by atoms with E-state index in [0.29, 0.717) is 0 Å². The summed E-state index contributed by atoms with van der Waals surface area (Å²) in [6.07, 6.45) is -15.0. The normalized spacial score (nSPS) is 12.0. The van der Waals surface area contributed by atoms with Crippen molar-refractivity contribution in [3.8, 4) is 6.01 Å². The van der Waals surface area contributed by atoms with Crippen LogP contribution in [0.2, 0.25) is 0 Å². The third-order valence-electron chi connectivity index (χ3n) is 4.23. The molecule has 0 aliphatic rings. The summed E-state index contributed by atoms with van der Waals surface area (Å²) in [7, 11) is 0. The summed E-state index contributed by atoms with van der Waals surface area (Å²) in [6.45, 7) is 0. The first kappa shape index (κ1) is 27.5. The Morgan fingerprint density at radius 3 is 2.05 bits per heavy atom. The number of ether oxygens (including phenoxy) is 1. The number of alkyl halides is 6. The molecule has 0 aliphatic carbocycles. The van der Waals surface area contributed by atoms with Crippen LogP contribution in [0.25, 0.3) is 0 Å². The van der Waals surface area contributed by atoms with Gasteiger partial charge in [-0.1, -0.05) is 12.1 Å². The Morgan fingerprint density at radius 1 is 0.868 bits per heavy atom. The molecule has 1 aromatic heterocycles. The van der Waals surface area contributed by atoms with Crippen molar-refractivity contribution in [3.05, 3.63) is 74.3 Å². The molecular formula is C19H12F6N8O5. The van der Waals surface area contributed by atoms with Crippen molar-refractivity contribution in [2.75, 3.05) is 10.7 Å². The predicted molar refractivity (Wildman–Crippen MR) is 117 cm³/mol. The minimum Gasteiger partial charge on any atom is -0.440 e. The van der Waals surface area contributed by atoms with Crippen molar-refractivity contribution in [1.82, 2.24) is 15.0 Å². The van der Waals surface area contributed by atoms with Gasteiger partial charge < -0.3 is 10.1 Å². The topological polar surface area (TPSA) is 171 Å². The Labute approximate surface area is 206 Å². The van der Waals surface area contributed by atoms with Crippen LogP contribution in [0.1, 0.15) is 5.56 Å². The minimum absolute atomic E-state index is 0.0713. The van der Waals surface area contributed by atoms with Gasteiger partial charge in [-0.15, -0.1) is 0 Å². The average Bonchev–Trinajstić information content (AvgIpc) is 2.81. The van der Waals surface area contributed by atoms with Gasteiger partial charge in [0.15, 0.2) is 0 Å². The van der Waals surface area contributed by atoms with Crippen LogP contribution in [-0.4, -0.2) is 49.5 Å². The van der Waals surface area contributed by atoms with Crippen LogP contribution in [0, 0.1) is 20.2 Å². The highest BCUT2D eigenvalue weighted by molar-refractivity contribution is 5.81. The molecule has 13 nitrogen and oxygen atoms in total. The van der Waals surface area contributed by atoms with Gasteiger partial charge in [-0.05, 0) is 12.1 Å². The second-order valence-corrected chi connectivity index (χ2v) is 7.00. The average molecular weight is 546 g/mol. The van der Waals surface area contributed by atoms with Gasteiger partial charge in [0.05, 0.1) is 16.1 Å². The first-order chi connectivity index (χ1) is 17.7. The molecule has 0 unspecified atom stereocenters. The Bertz CT molecular complexity index is 1340. The molecule has 0 spiro atoms. The van der Waals surface area contributed by atoms with E-state index in [2.05, 4.69) is 35.5 Å². The lowest BCUT2D eigenvalue weighted by molar-refractivity contribution is -0.385. The summed E-state index contributed by atoms with van der Waals surface area (Å²) in [4.78, 5) is 30.8. The number of rotatable bonds is 9. The highest BCUT2D eigenvalue weighted by Crippen LogP contribution is 2.36. The number of benzene rings is 2. The Balaban J connectivity index is 1.92. The van der Waals surface area contributed by atoms with E-state index in [1.54, 1.807) is 0 Å². The Morgan fingerprint density at radius 2 is 1.47 bits per heavy atom. The fourth-order valence-corrected chi connectivity index (χ4v) is 2.62. The Kier molecular flexibility index (Phi) is 7.87. The molecule has 0 saturated carbocycles. The van der Waals surface area contributed by atoms with Gasteiger partial charge >= 0.3 is 18.4 Å². The minimum atomic E-state index is -5.87. The quantitative estimate of drug-likeness (QED) is 0.165. The Hall–Kier alpha value is -5.10. The van der Waals surface area contributed by atoms with Crippen LogP contribution >= 0.6 is 0 Å². The number of hydrogen-bond acceptors (Lipinski definition) is 11. The molecule has 0 atom stereocenters. The second kappa shape index (κ2) is 10.9. The largest absolute Gasteiger partial charge is 0.440 e. The highest BCUT2D eigenvalue weighted by atomic mass is 19.4. The number of nitro benzene ring substituents is 2. The van der Waals surface area contributed by atoms with Crippen molar-refractivity contribution in [2.24, 2.45) is 5.10 Å². The van der Waals surface area contributed by atoms with Crippen molar-refractivity contribution < 1.29 is 40.9 Å². The predicted octanol–water partition coefficient (Wildman–Crippen LogP) is 4.75. The maximum absolute atomic E-state index is 13.0. The molecule has 1 heterocycles. The van der Waals surface area contributed by atoms with E-state index in [4.69, 9.17) is 0 Å². The maximum Gasteiger partial charge on any atom is 0.434 e. The number of nitrogens with zero attached hydrogens (tertiary/aromatic N) is 6. The molecule has 2 N–H and O–H groups in total. The van der Waals surface area contributed by atoms with E-state index in [1.165, 1.54) is 30.3 Å². The molecule has 19 heteroatoms. The fourth-order valence-electron chi connectivity index (χ4n) is 2.62. The zero-order valence-corrected chi connectivity index (χ0v) is 18.3. The van der Waals surface area contributed by atoms with Gasteiger partial charge in [0, 0.05) is 35.5 Å². The van der Waals surface area contributed by atoms with Gasteiger partial charge in [0.25, 0.3) is 23.4 Å². The maximum atomic E-state index is 13.0. The van der Waals surface area contributed by atoms with Gasteiger partial charge in [0.2, 0.25) is 5.95 Å². The molecule has 0 radical (unpaired) electrons. The fraction of sp³-hybridized carbons (Fsp3) is 0.158. The zero-order valence-electron chi connectivity index (χ0n) is 18.3. The van der Waals surface area contributed by atoms with Crippen molar-refractivity contribution >= 4 is 35.2 Å². The zero-order chi connectivity index (χ0) is 28.1. The van der Waals surface area contributed by atoms with E-state index in [1.807, 2.05) is 0 Å². The summed E-state index contributed by atoms with van der Waals surface area (Å²) < 4.78 is 81.8.